The molecule has 0 bridgehead atoms. The van der Waals surface area contributed by atoms with Crippen LogP contribution in [0.3, 0.4) is 0 Å². The van der Waals surface area contributed by atoms with Gasteiger partial charge in [-0.2, -0.15) is 13.2 Å². The van der Waals surface area contributed by atoms with Gasteiger partial charge in [0.2, 0.25) is 0 Å². The van der Waals surface area contributed by atoms with Crippen LogP contribution in [0.2, 0.25) is 0 Å². The number of aryl methyl sites for hydroxylation is 1. The summed E-state index contributed by atoms with van der Waals surface area (Å²) in [6, 6.07) is 5.03. The molecule has 0 aliphatic carbocycles. The number of anilines is 1. The summed E-state index contributed by atoms with van der Waals surface area (Å²) in [6.07, 6.45) is -3.01. The first-order valence-electron chi connectivity index (χ1n) is 9.72. The molecule has 0 spiro atoms. The van der Waals surface area contributed by atoms with E-state index in [0.29, 0.717) is 39.5 Å². The number of hydrogen-bond donors (Lipinski definition) is 2. The second kappa shape index (κ2) is 6.09. The highest BCUT2D eigenvalue weighted by molar-refractivity contribution is 5.98. The normalized spacial score (nSPS) is 15.0. The molecule has 1 aliphatic heterocycles. The van der Waals surface area contributed by atoms with Crippen LogP contribution in [0.4, 0.5) is 23.2 Å². The second-order valence-electron chi connectivity index (χ2n) is 8.37. The monoisotopic (exact) mass is 429 g/mol. The average molecular weight is 429 g/mol. The molecule has 1 aliphatic rings. The molecule has 3 heterocycles. The lowest BCUT2D eigenvalue weighted by atomic mass is 9.91. The quantitative estimate of drug-likeness (QED) is 0.373. The van der Waals surface area contributed by atoms with E-state index >= 15 is 4.39 Å². The fourth-order valence-electron chi connectivity index (χ4n) is 4.45. The summed E-state index contributed by atoms with van der Waals surface area (Å²) in [6.45, 7) is 7.32. The summed E-state index contributed by atoms with van der Waals surface area (Å²) >= 11 is 0. The lowest BCUT2D eigenvalue weighted by Gasteiger charge is -2.35. The summed E-state index contributed by atoms with van der Waals surface area (Å²) < 4.78 is 58.0. The van der Waals surface area contributed by atoms with Crippen LogP contribution in [0.1, 0.15) is 36.6 Å². The van der Waals surface area contributed by atoms with Crippen LogP contribution in [-0.2, 0) is 11.7 Å². The van der Waals surface area contributed by atoms with E-state index in [2.05, 4.69) is 20.5 Å². The Labute approximate surface area is 175 Å². The van der Waals surface area contributed by atoms with Gasteiger partial charge in [0.15, 0.2) is 5.82 Å². The van der Waals surface area contributed by atoms with Gasteiger partial charge in [-0.15, -0.1) is 10.2 Å². The molecule has 0 amide bonds. The summed E-state index contributed by atoms with van der Waals surface area (Å²) in [5, 5.41) is 12.2. The van der Waals surface area contributed by atoms with Crippen LogP contribution in [0.5, 0.6) is 0 Å². The maximum atomic E-state index is 15.5. The van der Waals surface area contributed by atoms with Crippen LogP contribution in [0.25, 0.3) is 27.7 Å². The zero-order valence-corrected chi connectivity index (χ0v) is 17.2. The van der Waals surface area contributed by atoms with E-state index in [1.165, 1.54) is 6.07 Å². The maximum Gasteiger partial charge on any atom is 0.416 e. The molecule has 0 fully saturated rings. The van der Waals surface area contributed by atoms with Crippen molar-refractivity contribution in [1.29, 1.82) is 0 Å². The van der Waals surface area contributed by atoms with Crippen molar-refractivity contribution in [3.8, 4) is 16.8 Å². The largest absolute Gasteiger partial charge is 0.416 e. The van der Waals surface area contributed by atoms with Crippen molar-refractivity contribution in [3.63, 3.8) is 0 Å². The van der Waals surface area contributed by atoms with E-state index in [4.69, 9.17) is 0 Å². The lowest BCUT2D eigenvalue weighted by molar-refractivity contribution is -0.137. The summed E-state index contributed by atoms with van der Waals surface area (Å²) in [7, 11) is 0. The Morgan fingerprint density at radius 3 is 2.52 bits per heavy atom. The predicted octanol–water partition coefficient (Wildman–Crippen LogP) is 5.85. The topological polar surface area (TPSA) is 58.5 Å². The van der Waals surface area contributed by atoms with E-state index in [1.807, 2.05) is 18.4 Å². The number of benzene rings is 2. The first-order valence-corrected chi connectivity index (χ1v) is 9.72. The van der Waals surface area contributed by atoms with Crippen molar-refractivity contribution >= 4 is 16.6 Å². The fraction of sp³-hybridized carbons (Fsp3) is 0.273. The highest BCUT2D eigenvalue weighted by Crippen LogP contribution is 2.45. The second-order valence-corrected chi connectivity index (χ2v) is 8.37. The Balaban J connectivity index is 1.86. The van der Waals surface area contributed by atoms with E-state index in [9.17, 15) is 13.2 Å². The third-order valence-electron chi connectivity index (χ3n) is 5.82. The van der Waals surface area contributed by atoms with Gasteiger partial charge in [-0.3, -0.25) is 4.57 Å². The summed E-state index contributed by atoms with van der Waals surface area (Å²) in [4.78, 5) is 2.81. The molecule has 0 atom stereocenters. The van der Waals surface area contributed by atoms with Gasteiger partial charge >= 0.3 is 6.18 Å². The fourth-order valence-corrected chi connectivity index (χ4v) is 4.45. The Morgan fingerprint density at radius 2 is 1.81 bits per heavy atom. The number of nitrogens with zero attached hydrogens (tertiary/aromatic N) is 3. The van der Waals surface area contributed by atoms with E-state index in [-0.39, 0.29) is 11.1 Å². The minimum absolute atomic E-state index is 0.120. The smallest absolute Gasteiger partial charge is 0.371 e. The molecule has 0 radical (unpaired) electrons. The van der Waals surface area contributed by atoms with E-state index in [1.54, 1.807) is 26.1 Å². The van der Waals surface area contributed by atoms with Gasteiger partial charge in [0.05, 0.1) is 22.5 Å². The first kappa shape index (κ1) is 19.6. The average Bonchev–Trinajstić information content (AvgIpc) is 3.27. The van der Waals surface area contributed by atoms with Crippen molar-refractivity contribution in [2.75, 3.05) is 5.32 Å². The molecular weight excluding hydrogens is 410 g/mol. The van der Waals surface area contributed by atoms with Gasteiger partial charge in [0.25, 0.3) is 0 Å². The summed E-state index contributed by atoms with van der Waals surface area (Å²) in [5.41, 5.74) is 0.834. The molecule has 0 unspecified atom stereocenters. The zero-order chi connectivity index (χ0) is 22.3. The number of H-pyrrole nitrogens is 1. The maximum absolute atomic E-state index is 15.5. The molecule has 160 valence electrons. The SMILES string of the molecule is Cc1c(-c2cc(C(F)(F)F)cc3[nH]ccc23)c(F)cc2c1-n1c(C)nnc1C(C)(C)N2. The highest BCUT2D eigenvalue weighted by Gasteiger charge is 2.37. The molecule has 2 aromatic heterocycles. The van der Waals surface area contributed by atoms with Gasteiger partial charge in [0, 0.05) is 22.7 Å². The molecule has 5 nitrogen and oxygen atoms in total. The van der Waals surface area contributed by atoms with E-state index < -0.39 is 23.1 Å². The van der Waals surface area contributed by atoms with Gasteiger partial charge in [-0.1, -0.05) is 0 Å². The van der Waals surface area contributed by atoms with Crippen LogP contribution >= 0.6 is 0 Å². The number of fused-ring (bicyclic) bond motifs is 4. The number of alkyl halides is 3. The van der Waals surface area contributed by atoms with Crippen molar-refractivity contribution in [2.45, 2.75) is 39.4 Å². The first-order chi connectivity index (χ1) is 14.5. The third kappa shape index (κ3) is 2.75. The van der Waals surface area contributed by atoms with Gasteiger partial charge < -0.3 is 10.3 Å². The number of rotatable bonds is 1. The Bertz CT molecular complexity index is 1360. The Morgan fingerprint density at radius 1 is 1.06 bits per heavy atom. The van der Waals surface area contributed by atoms with Gasteiger partial charge in [-0.05, 0) is 63.1 Å². The molecule has 2 N–H and O–H groups in total. The molecule has 2 aromatic carbocycles. The lowest BCUT2D eigenvalue weighted by Crippen LogP contribution is -2.36. The summed E-state index contributed by atoms with van der Waals surface area (Å²) in [5.74, 6) is 0.659. The molecule has 5 rings (SSSR count). The molecule has 0 saturated heterocycles. The minimum atomic E-state index is -4.56. The Hall–Kier alpha value is -3.36. The third-order valence-corrected chi connectivity index (χ3v) is 5.82. The number of nitrogens with one attached hydrogen (secondary N) is 2. The molecule has 0 saturated carbocycles. The van der Waals surface area contributed by atoms with Crippen LogP contribution in [-0.4, -0.2) is 19.7 Å². The zero-order valence-electron chi connectivity index (χ0n) is 17.2. The van der Waals surface area contributed by atoms with Crippen LogP contribution in [0, 0.1) is 19.7 Å². The number of hydrogen-bond acceptors (Lipinski definition) is 3. The minimum Gasteiger partial charge on any atom is -0.371 e. The van der Waals surface area contributed by atoms with Crippen molar-refractivity contribution in [2.24, 2.45) is 0 Å². The molecular formula is C22H19F4N5. The molecule has 9 heteroatoms. The van der Waals surface area contributed by atoms with Gasteiger partial charge in [-0.25, -0.2) is 4.39 Å². The van der Waals surface area contributed by atoms with Crippen molar-refractivity contribution in [3.05, 3.63) is 59.1 Å². The van der Waals surface area contributed by atoms with Crippen LogP contribution in [0.15, 0.2) is 30.5 Å². The van der Waals surface area contributed by atoms with E-state index in [0.717, 1.165) is 12.1 Å². The number of aromatic nitrogens is 4. The standard InChI is InChI=1S/C22H19F4N5/c1-10-18(14-7-12(22(24,25)26)8-16-13(14)5-6-27-16)15(23)9-17-19(10)31-11(2)29-30-20(31)21(3,4)28-17/h5-9,27-28H,1-4H3. The van der Waals surface area contributed by atoms with Crippen molar-refractivity contribution in [1.82, 2.24) is 19.7 Å². The number of aromatic amines is 1. The van der Waals surface area contributed by atoms with Crippen molar-refractivity contribution < 1.29 is 17.6 Å². The van der Waals surface area contributed by atoms with Gasteiger partial charge in [0.1, 0.15) is 11.6 Å². The van der Waals surface area contributed by atoms with Crippen LogP contribution < -0.4 is 5.32 Å². The molecule has 31 heavy (non-hydrogen) atoms. The number of halogens is 4. The Kier molecular flexibility index (Phi) is 3.85. The molecule has 4 aromatic rings. The predicted molar refractivity (Wildman–Crippen MR) is 110 cm³/mol. The highest BCUT2D eigenvalue weighted by atomic mass is 19.4.